The van der Waals surface area contributed by atoms with E-state index in [0.29, 0.717) is 0 Å². The van der Waals surface area contributed by atoms with Gasteiger partial charge in [-0.05, 0) is 18.1 Å². The molecular formula is C13H19NO3. The fourth-order valence-electron chi connectivity index (χ4n) is 1.72. The summed E-state index contributed by atoms with van der Waals surface area (Å²) in [7, 11) is 1.51. The summed E-state index contributed by atoms with van der Waals surface area (Å²) < 4.78 is 5.06. The molecule has 1 atom stereocenters. The lowest BCUT2D eigenvalue weighted by atomic mass is 9.86. The quantitative estimate of drug-likeness (QED) is 0.796. The minimum Gasteiger partial charge on any atom is -0.479 e. The Morgan fingerprint density at radius 2 is 2.00 bits per heavy atom. The highest BCUT2D eigenvalue weighted by atomic mass is 16.5. The van der Waals surface area contributed by atoms with E-state index in [9.17, 15) is 9.90 Å². The molecule has 0 fully saturated rings. The maximum absolute atomic E-state index is 11.5. The minimum absolute atomic E-state index is 0.0971. The summed E-state index contributed by atoms with van der Waals surface area (Å²) in [6.07, 6.45) is 0. The molecular weight excluding hydrogens is 218 g/mol. The van der Waals surface area contributed by atoms with Gasteiger partial charge in [-0.25, -0.2) is 4.79 Å². The normalized spacial score (nSPS) is 14.4. The Morgan fingerprint density at radius 3 is 2.41 bits per heavy atom. The molecule has 1 rings (SSSR count). The van der Waals surface area contributed by atoms with E-state index < -0.39 is 11.5 Å². The van der Waals surface area contributed by atoms with Crippen molar-refractivity contribution in [3.05, 3.63) is 30.3 Å². The number of hydrogen-bond acceptors (Lipinski definition) is 3. The Hall–Kier alpha value is -1.55. The lowest BCUT2D eigenvalue weighted by molar-refractivity contribution is -0.146. The number of benzene rings is 1. The lowest BCUT2D eigenvalue weighted by Crippen LogP contribution is -2.54. The van der Waals surface area contributed by atoms with Gasteiger partial charge >= 0.3 is 5.97 Å². The molecule has 4 heteroatoms. The molecule has 17 heavy (non-hydrogen) atoms. The van der Waals surface area contributed by atoms with Crippen LogP contribution in [0.3, 0.4) is 0 Å². The summed E-state index contributed by atoms with van der Waals surface area (Å²) in [6.45, 7) is 3.85. The predicted molar refractivity (Wildman–Crippen MR) is 67.1 cm³/mol. The van der Waals surface area contributed by atoms with E-state index in [4.69, 9.17) is 4.74 Å². The van der Waals surface area contributed by atoms with Gasteiger partial charge in [0.05, 0.1) is 6.61 Å². The monoisotopic (exact) mass is 237 g/mol. The first-order valence-corrected chi connectivity index (χ1v) is 5.58. The largest absolute Gasteiger partial charge is 0.479 e. The van der Waals surface area contributed by atoms with Crippen LogP contribution in [0.2, 0.25) is 0 Å². The Morgan fingerprint density at radius 1 is 1.41 bits per heavy atom. The van der Waals surface area contributed by atoms with Gasteiger partial charge in [-0.15, -0.1) is 0 Å². The number of nitrogens with one attached hydrogen (secondary N) is 1. The highest BCUT2D eigenvalue weighted by Gasteiger charge is 2.42. The standard InChI is InChI=1S/C13H19NO3/c1-10(2)13(9-17-3,12(15)16)14-11-7-5-4-6-8-11/h4-8,10,14H,9H2,1-3H3,(H,15,16). The van der Waals surface area contributed by atoms with E-state index in [1.807, 2.05) is 44.2 Å². The third-order valence-electron chi connectivity index (χ3n) is 2.88. The van der Waals surface area contributed by atoms with Crippen LogP contribution in [0.4, 0.5) is 5.69 Å². The van der Waals surface area contributed by atoms with Gasteiger partial charge in [0, 0.05) is 12.8 Å². The van der Waals surface area contributed by atoms with Gasteiger partial charge in [-0.1, -0.05) is 32.0 Å². The highest BCUT2D eigenvalue weighted by Crippen LogP contribution is 2.24. The summed E-state index contributed by atoms with van der Waals surface area (Å²) in [5, 5.41) is 12.5. The van der Waals surface area contributed by atoms with E-state index in [-0.39, 0.29) is 12.5 Å². The Kier molecular flexibility index (Phi) is 4.52. The number of hydrogen-bond donors (Lipinski definition) is 2. The molecule has 4 nitrogen and oxygen atoms in total. The topological polar surface area (TPSA) is 58.6 Å². The van der Waals surface area contributed by atoms with Crippen LogP contribution in [0.15, 0.2) is 30.3 Å². The Labute approximate surface area is 102 Å². The maximum atomic E-state index is 11.5. The number of methoxy groups -OCH3 is 1. The Bertz CT molecular complexity index is 364. The van der Waals surface area contributed by atoms with Crippen LogP contribution in [0.1, 0.15) is 13.8 Å². The molecule has 0 spiro atoms. The number of carboxylic acid groups (broad SMARTS) is 1. The van der Waals surface area contributed by atoms with E-state index in [2.05, 4.69) is 5.32 Å². The first-order chi connectivity index (χ1) is 8.03. The number of carbonyl (C=O) groups is 1. The molecule has 1 unspecified atom stereocenters. The first-order valence-electron chi connectivity index (χ1n) is 5.58. The summed E-state index contributed by atoms with van der Waals surface area (Å²) in [4.78, 5) is 11.5. The second-order valence-electron chi connectivity index (χ2n) is 4.36. The van der Waals surface area contributed by atoms with Crippen LogP contribution >= 0.6 is 0 Å². The molecule has 0 aliphatic rings. The molecule has 2 N–H and O–H groups in total. The molecule has 0 heterocycles. The van der Waals surface area contributed by atoms with Crippen molar-refractivity contribution in [1.29, 1.82) is 0 Å². The van der Waals surface area contributed by atoms with Crippen molar-refractivity contribution >= 4 is 11.7 Å². The predicted octanol–water partition coefficient (Wildman–Crippen LogP) is 2.22. The van der Waals surface area contributed by atoms with Crippen molar-refractivity contribution < 1.29 is 14.6 Å². The number of anilines is 1. The number of rotatable bonds is 6. The molecule has 0 aliphatic carbocycles. The maximum Gasteiger partial charge on any atom is 0.332 e. The number of carboxylic acids is 1. The average molecular weight is 237 g/mol. The van der Waals surface area contributed by atoms with Gasteiger partial charge in [0.15, 0.2) is 5.54 Å². The van der Waals surface area contributed by atoms with E-state index in [1.165, 1.54) is 7.11 Å². The molecule has 0 bridgehead atoms. The third-order valence-corrected chi connectivity index (χ3v) is 2.88. The number of ether oxygens (including phenoxy) is 1. The average Bonchev–Trinajstić information content (AvgIpc) is 2.29. The van der Waals surface area contributed by atoms with Crippen LogP contribution in [0, 0.1) is 5.92 Å². The van der Waals surface area contributed by atoms with Crippen molar-refractivity contribution in [3.8, 4) is 0 Å². The molecule has 94 valence electrons. The SMILES string of the molecule is COCC(Nc1ccccc1)(C(=O)O)C(C)C. The van der Waals surface area contributed by atoms with E-state index in [1.54, 1.807) is 0 Å². The molecule has 0 radical (unpaired) electrons. The molecule has 1 aromatic carbocycles. The molecule has 0 aliphatic heterocycles. The molecule has 0 saturated carbocycles. The van der Waals surface area contributed by atoms with Crippen molar-refractivity contribution in [2.45, 2.75) is 19.4 Å². The zero-order valence-corrected chi connectivity index (χ0v) is 10.4. The molecule has 0 aromatic heterocycles. The zero-order chi connectivity index (χ0) is 12.9. The van der Waals surface area contributed by atoms with Crippen LogP contribution in [-0.4, -0.2) is 30.3 Å². The van der Waals surface area contributed by atoms with Crippen LogP contribution in [0.5, 0.6) is 0 Å². The van der Waals surface area contributed by atoms with Crippen LogP contribution < -0.4 is 5.32 Å². The van der Waals surface area contributed by atoms with Gasteiger partial charge in [0.1, 0.15) is 0 Å². The summed E-state index contributed by atoms with van der Waals surface area (Å²) in [5.74, 6) is -1.00. The van der Waals surface area contributed by atoms with E-state index >= 15 is 0 Å². The highest BCUT2D eigenvalue weighted by molar-refractivity contribution is 5.83. The fourth-order valence-corrected chi connectivity index (χ4v) is 1.72. The summed E-state index contributed by atoms with van der Waals surface area (Å²) in [6, 6.07) is 9.30. The second kappa shape index (κ2) is 5.68. The van der Waals surface area contributed by atoms with Crippen molar-refractivity contribution in [2.75, 3.05) is 19.0 Å². The molecule has 0 saturated heterocycles. The minimum atomic E-state index is -1.10. The molecule has 0 amide bonds. The Balaban J connectivity index is 3.01. The van der Waals surface area contributed by atoms with E-state index in [0.717, 1.165) is 5.69 Å². The molecule has 1 aromatic rings. The van der Waals surface area contributed by atoms with Gasteiger partial charge in [-0.2, -0.15) is 0 Å². The van der Waals surface area contributed by atoms with Crippen LogP contribution in [-0.2, 0) is 9.53 Å². The number of para-hydroxylation sites is 1. The third kappa shape index (κ3) is 2.97. The van der Waals surface area contributed by atoms with Crippen LogP contribution in [0.25, 0.3) is 0 Å². The van der Waals surface area contributed by atoms with Crippen molar-refractivity contribution in [1.82, 2.24) is 0 Å². The van der Waals surface area contributed by atoms with Gasteiger partial charge < -0.3 is 15.2 Å². The van der Waals surface area contributed by atoms with Crippen molar-refractivity contribution in [3.63, 3.8) is 0 Å². The fraction of sp³-hybridized carbons (Fsp3) is 0.462. The number of aliphatic carboxylic acids is 1. The van der Waals surface area contributed by atoms with Gasteiger partial charge in [-0.3, -0.25) is 0 Å². The first kappa shape index (κ1) is 13.5. The summed E-state index contributed by atoms with van der Waals surface area (Å²) in [5.41, 5.74) is -0.323. The van der Waals surface area contributed by atoms with Gasteiger partial charge in [0.25, 0.3) is 0 Å². The van der Waals surface area contributed by atoms with Crippen molar-refractivity contribution in [2.24, 2.45) is 5.92 Å². The summed E-state index contributed by atoms with van der Waals surface area (Å²) >= 11 is 0. The smallest absolute Gasteiger partial charge is 0.332 e. The lowest BCUT2D eigenvalue weighted by Gasteiger charge is -2.34. The van der Waals surface area contributed by atoms with Gasteiger partial charge in [0.2, 0.25) is 0 Å². The zero-order valence-electron chi connectivity index (χ0n) is 10.4. The second-order valence-corrected chi connectivity index (χ2v) is 4.36.